The molecule has 0 radical (unpaired) electrons. The number of amides is 1. The molecule has 8 heteroatoms. The number of aliphatic imine (C=N–C) groups is 1. The van der Waals surface area contributed by atoms with Crippen LogP contribution in [0.5, 0.6) is 0 Å². The minimum Gasteiger partial charge on any atom is -0.383 e. The predicted molar refractivity (Wildman–Crippen MR) is 145 cm³/mol. The molecule has 0 spiro atoms. The molecule has 0 unspecified atom stereocenters. The second-order valence-electron chi connectivity index (χ2n) is 9.46. The molecule has 186 valence electrons. The number of benzene rings is 2. The summed E-state index contributed by atoms with van der Waals surface area (Å²) in [7, 11) is 0. The predicted octanol–water partition coefficient (Wildman–Crippen LogP) is 4.24. The molecule has 2 aromatic carbocycles. The van der Waals surface area contributed by atoms with E-state index in [0.717, 1.165) is 53.1 Å². The largest absolute Gasteiger partial charge is 0.383 e. The van der Waals surface area contributed by atoms with Crippen molar-refractivity contribution >= 4 is 39.5 Å². The van der Waals surface area contributed by atoms with E-state index in [1.807, 2.05) is 36.4 Å². The minimum atomic E-state index is -0.322. The van der Waals surface area contributed by atoms with E-state index in [1.165, 1.54) is 44.8 Å². The van der Waals surface area contributed by atoms with Gasteiger partial charge in [-0.25, -0.2) is 9.97 Å². The number of carbonyl (C=O) groups excluding carboxylic acids is 1. The molecule has 1 amide bonds. The lowest BCUT2D eigenvalue weighted by Gasteiger charge is -2.26. The van der Waals surface area contributed by atoms with Gasteiger partial charge in [0.25, 0.3) is 0 Å². The van der Waals surface area contributed by atoms with E-state index in [9.17, 15) is 4.79 Å². The molecule has 4 N–H and O–H groups in total. The summed E-state index contributed by atoms with van der Waals surface area (Å²) in [5.41, 5.74) is 9.56. The van der Waals surface area contributed by atoms with Gasteiger partial charge in [-0.2, -0.15) is 4.99 Å². The third-order valence-corrected chi connectivity index (χ3v) is 6.67. The molecule has 2 aromatic heterocycles. The lowest BCUT2D eigenvalue weighted by molar-refractivity contribution is -0.115. The van der Waals surface area contributed by atoms with E-state index in [1.54, 1.807) is 0 Å². The first-order valence-electron chi connectivity index (χ1n) is 12.7. The van der Waals surface area contributed by atoms with E-state index < -0.39 is 0 Å². The van der Waals surface area contributed by atoms with Crippen LogP contribution in [0.3, 0.4) is 0 Å². The first-order valence-corrected chi connectivity index (χ1v) is 12.7. The highest BCUT2D eigenvalue weighted by Gasteiger charge is 2.16. The summed E-state index contributed by atoms with van der Waals surface area (Å²) in [6, 6.07) is 16.0. The molecule has 5 rings (SSSR count). The quantitative estimate of drug-likeness (QED) is 0.196. The number of amidine groups is 1. The Hall–Kier alpha value is -3.78. The Kier molecular flexibility index (Phi) is 7.23. The monoisotopic (exact) mass is 483 g/mol. The summed E-state index contributed by atoms with van der Waals surface area (Å²) < 4.78 is 0. The molecule has 4 aromatic rings. The van der Waals surface area contributed by atoms with Crippen molar-refractivity contribution in [1.29, 1.82) is 0 Å². The zero-order valence-electron chi connectivity index (χ0n) is 20.8. The normalized spacial score (nSPS) is 15.0. The number of aromatic amines is 1. The van der Waals surface area contributed by atoms with Crippen molar-refractivity contribution in [3.8, 4) is 0 Å². The topological polar surface area (TPSA) is 112 Å². The number of H-pyrrole nitrogens is 1. The molecule has 1 saturated heterocycles. The standard InChI is InChI=1S/C28H33N7O/c1-19(36)31-26(29)21-11-12-22-23(18-21)32-28-25(22)27(30-13-8-16-35-14-6-3-7-15-35)33-24(34-28)17-20-9-4-2-5-10-20/h2,4-5,9-12,18H,3,6-8,13-17H2,1H3,(H2,29,31,36)(H2,30,32,33,34). The molecular weight excluding hydrogens is 450 g/mol. The Morgan fingerprint density at radius 2 is 1.92 bits per heavy atom. The van der Waals surface area contributed by atoms with Crippen LogP contribution in [0.15, 0.2) is 53.5 Å². The molecule has 1 fully saturated rings. The zero-order valence-corrected chi connectivity index (χ0v) is 20.8. The molecule has 3 heterocycles. The van der Waals surface area contributed by atoms with Crippen molar-refractivity contribution < 1.29 is 4.79 Å². The van der Waals surface area contributed by atoms with Crippen molar-refractivity contribution in [2.24, 2.45) is 10.7 Å². The third kappa shape index (κ3) is 5.54. The lowest BCUT2D eigenvalue weighted by Crippen LogP contribution is -2.31. The first-order chi connectivity index (χ1) is 17.6. The van der Waals surface area contributed by atoms with Crippen LogP contribution < -0.4 is 11.1 Å². The van der Waals surface area contributed by atoms with Crippen LogP contribution in [0.1, 0.15) is 49.6 Å². The van der Waals surface area contributed by atoms with Crippen molar-refractivity contribution in [1.82, 2.24) is 19.9 Å². The Morgan fingerprint density at radius 3 is 2.69 bits per heavy atom. The molecule has 8 nitrogen and oxygen atoms in total. The molecule has 0 aliphatic carbocycles. The average Bonchev–Trinajstić information content (AvgIpc) is 3.25. The number of nitrogens with zero attached hydrogens (tertiary/aromatic N) is 4. The highest BCUT2D eigenvalue weighted by molar-refractivity contribution is 6.13. The van der Waals surface area contributed by atoms with Crippen molar-refractivity contribution in [2.45, 2.75) is 39.0 Å². The van der Waals surface area contributed by atoms with Crippen molar-refractivity contribution in [3.63, 3.8) is 0 Å². The summed E-state index contributed by atoms with van der Waals surface area (Å²) in [5, 5.41) is 5.58. The van der Waals surface area contributed by atoms with Crippen molar-refractivity contribution in [3.05, 3.63) is 65.5 Å². The van der Waals surface area contributed by atoms with Crippen LogP contribution in [0.2, 0.25) is 0 Å². The van der Waals surface area contributed by atoms with Gasteiger partial charge in [0.05, 0.1) is 5.39 Å². The van der Waals surface area contributed by atoms with Gasteiger partial charge in [0.2, 0.25) is 5.91 Å². The number of fused-ring (bicyclic) bond motifs is 3. The fourth-order valence-corrected chi connectivity index (χ4v) is 4.92. The number of aromatic nitrogens is 3. The number of hydrogen-bond acceptors (Lipinski definition) is 5. The summed E-state index contributed by atoms with van der Waals surface area (Å²) in [5.74, 6) is 1.48. The van der Waals surface area contributed by atoms with Crippen molar-refractivity contribution in [2.75, 3.05) is 31.5 Å². The molecule has 0 saturated carbocycles. The number of piperidine rings is 1. The van der Waals surface area contributed by atoms with Crippen LogP contribution in [0.4, 0.5) is 5.82 Å². The van der Waals surface area contributed by atoms with Crippen LogP contribution in [-0.2, 0) is 11.2 Å². The number of hydrogen-bond donors (Lipinski definition) is 3. The van der Waals surface area contributed by atoms with Gasteiger partial charge in [0, 0.05) is 36.4 Å². The maximum atomic E-state index is 11.4. The highest BCUT2D eigenvalue weighted by atomic mass is 16.1. The van der Waals surface area contributed by atoms with Crippen LogP contribution in [0.25, 0.3) is 21.9 Å². The Morgan fingerprint density at radius 1 is 1.11 bits per heavy atom. The van der Waals surface area contributed by atoms with Crippen LogP contribution >= 0.6 is 0 Å². The van der Waals surface area contributed by atoms with E-state index in [2.05, 4.69) is 32.3 Å². The molecule has 0 atom stereocenters. The second kappa shape index (κ2) is 10.9. The summed E-state index contributed by atoms with van der Waals surface area (Å²) in [6.07, 6.45) is 5.68. The Labute approximate surface area is 211 Å². The Bertz CT molecular complexity index is 1390. The second-order valence-corrected chi connectivity index (χ2v) is 9.46. The smallest absolute Gasteiger partial charge is 0.244 e. The van der Waals surface area contributed by atoms with E-state index in [0.29, 0.717) is 12.0 Å². The van der Waals surface area contributed by atoms with Gasteiger partial charge in [-0.15, -0.1) is 0 Å². The van der Waals surface area contributed by atoms with Gasteiger partial charge in [-0.05, 0) is 50.5 Å². The fraction of sp³-hybridized carbons (Fsp3) is 0.357. The number of likely N-dealkylation sites (tertiary alicyclic amines) is 1. The van der Waals surface area contributed by atoms with Gasteiger partial charge < -0.3 is 20.9 Å². The van der Waals surface area contributed by atoms with Crippen LogP contribution in [0, 0.1) is 0 Å². The van der Waals surface area contributed by atoms with Gasteiger partial charge >= 0.3 is 0 Å². The Balaban J connectivity index is 1.46. The molecule has 1 aliphatic rings. The average molecular weight is 484 g/mol. The van der Waals surface area contributed by atoms with Crippen LogP contribution in [-0.4, -0.2) is 57.8 Å². The summed E-state index contributed by atoms with van der Waals surface area (Å²) in [4.78, 5) is 31.1. The highest BCUT2D eigenvalue weighted by Crippen LogP contribution is 2.31. The fourth-order valence-electron chi connectivity index (χ4n) is 4.92. The van der Waals surface area contributed by atoms with E-state index >= 15 is 0 Å². The number of nitrogens with one attached hydrogen (secondary N) is 2. The number of anilines is 1. The van der Waals surface area contributed by atoms with E-state index in [-0.39, 0.29) is 11.7 Å². The molecule has 1 aliphatic heterocycles. The SMILES string of the molecule is CC(=O)N=C(N)c1ccc2c(c1)[nH]c1nc(Cc3ccccc3)nc(NCCCN3CCCCC3)c12. The maximum Gasteiger partial charge on any atom is 0.244 e. The molecule has 36 heavy (non-hydrogen) atoms. The van der Waals surface area contributed by atoms with Gasteiger partial charge in [-0.1, -0.05) is 48.9 Å². The third-order valence-electron chi connectivity index (χ3n) is 6.67. The summed E-state index contributed by atoms with van der Waals surface area (Å²) in [6.45, 7) is 5.75. The van der Waals surface area contributed by atoms with E-state index in [4.69, 9.17) is 15.7 Å². The van der Waals surface area contributed by atoms with Gasteiger partial charge in [0.15, 0.2) is 0 Å². The molecular formula is C28H33N7O. The van der Waals surface area contributed by atoms with Gasteiger partial charge in [-0.3, -0.25) is 4.79 Å². The lowest BCUT2D eigenvalue weighted by atomic mass is 10.1. The number of rotatable bonds is 8. The minimum absolute atomic E-state index is 0.204. The summed E-state index contributed by atoms with van der Waals surface area (Å²) >= 11 is 0. The number of carbonyl (C=O) groups is 1. The maximum absolute atomic E-state index is 11.4. The number of nitrogens with two attached hydrogens (primary N) is 1. The van der Waals surface area contributed by atoms with Gasteiger partial charge in [0.1, 0.15) is 23.1 Å². The molecule has 0 bridgehead atoms. The zero-order chi connectivity index (χ0) is 24.9. The first kappa shape index (κ1) is 23.9.